The highest BCUT2D eigenvalue weighted by atomic mass is 15.1. The second kappa shape index (κ2) is 4.77. The number of hydrogen-bond donors (Lipinski definition) is 1. The highest BCUT2D eigenvalue weighted by Gasteiger charge is 2.16. The highest BCUT2D eigenvalue weighted by molar-refractivity contribution is 5.68. The van der Waals surface area contributed by atoms with Crippen LogP contribution in [0.25, 0.3) is 0 Å². The van der Waals surface area contributed by atoms with E-state index in [-0.39, 0.29) is 0 Å². The molecule has 2 heteroatoms. The van der Waals surface area contributed by atoms with Gasteiger partial charge in [0.05, 0.1) is 11.4 Å². The molecule has 0 amide bonds. The Morgan fingerprint density at radius 2 is 1.81 bits per heavy atom. The molecule has 0 aliphatic heterocycles. The van der Waals surface area contributed by atoms with Crippen LogP contribution < -0.4 is 10.6 Å². The van der Waals surface area contributed by atoms with Crippen molar-refractivity contribution in [2.24, 2.45) is 0 Å². The van der Waals surface area contributed by atoms with Gasteiger partial charge in [0, 0.05) is 14.1 Å². The van der Waals surface area contributed by atoms with E-state index in [9.17, 15) is 0 Å². The lowest BCUT2D eigenvalue weighted by molar-refractivity contribution is 0.444. The predicted molar refractivity (Wildman–Crippen MR) is 71.0 cm³/mol. The molecule has 1 aliphatic rings. The first-order chi connectivity index (χ1) is 7.68. The summed E-state index contributed by atoms with van der Waals surface area (Å²) in [4.78, 5) is 2.07. The van der Waals surface area contributed by atoms with Crippen molar-refractivity contribution in [2.45, 2.75) is 38.0 Å². The third-order valence-corrected chi connectivity index (χ3v) is 3.61. The van der Waals surface area contributed by atoms with Gasteiger partial charge in [-0.05, 0) is 36.5 Å². The lowest BCUT2D eigenvalue weighted by Crippen LogP contribution is -2.12. The summed E-state index contributed by atoms with van der Waals surface area (Å²) in [7, 11) is 4.07. The Labute approximate surface area is 98.4 Å². The summed E-state index contributed by atoms with van der Waals surface area (Å²) in [5, 5.41) is 0. The van der Waals surface area contributed by atoms with Crippen LogP contribution in [-0.4, -0.2) is 14.1 Å². The Balaban J connectivity index is 2.19. The van der Waals surface area contributed by atoms with E-state index in [1.54, 1.807) is 0 Å². The molecule has 1 saturated carbocycles. The number of nitrogens with two attached hydrogens (primary N) is 1. The molecule has 1 aliphatic carbocycles. The smallest absolute Gasteiger partial charge is 0.0594 e. The summed E-state index contributed by atoms with van der Waals surface area (Å²) in [5.41, 5.74) is 9.56. The maximum absolute atomic E-state index is 6.09. The molecule has 0 radical (unpaired) electrons. The van der Waals surface area contributed by atoms with E-state index in [0.29, 0.717) is 0 Å². The highest BCUT2D eigenvalue weighted by Crippen LogP contribution is 2.35. The zero-order valence-corrected chi connectivity index (χ0v) is 10.4. The SMILES string of the molecule is CN(C)c1ccc(C2CCCCC2)cc1N. The molecule has 1 fully saturated rings. The molecule has 88 valence electrons. The van der Waals surface area contributed by atoms with Crippen LogP contribution >= 0.6 is 0 Å². The number of hydrogen-bond acceptors (Lipinski definition) is 2. The predicted octanol–water partition coefficient (Wildman–Crippen LogP) is 3.38. The van der Waals surface area contributed by atoms with E-state index in [2.05, 4.69) is 23.1 Å². The molecule has 0 spiro atoms. The molecule has 0 heterocycles. The van der Waals surface area contributed by atoms with Gasteiger partial charge in [-0.2, -0.15) is 0 Å². The van der Waals surface area contributed by atoms with Crippen LogP contribution in [0, 0.1) is 0 Å². The third kappa shape index (κ3) is 2.31. The van der Waals surface area contributed by atoms with Crippen molar-refractivity contribution in [1.82, 2.24) is 0 Å². The van der Waals surface area contributed by atoms with Gasteiger partial charge < -0.3 is 10.6 Å². The molecule has 0 bridgehead atoms. The van der Waals surface area contributed by atoms with Crippen LogP contribution in [0.4, 0.5) is 11.4 Å². The average Bonchev–Trinajstić information content (AvgIpc) is 2.29. The molecule has 1 aromatic carbocycles. The Hall–Kier alpha value is -1.18. The zero-order valence-electron chi connectivity index (χ0n) is 10.4. The van der Waals surface area contributed by atoms with Gasteiger partial charge >= 0.3 is 0 Å². The van der Waals surface area contributed by atoms with Crippen LogP contribution in [0.3, 0.4) is 0 Å². The molecule has 0 atom stereocenters. The summed E-state index contributed by atoms with van der Waals surface area (Å²) in [5.74, 6) is 0.743. The van der Waals surface area contributed by atoms with Crippen LogP contribution in [0.2, 0.25) is 0 Å². The van der Waals surface area contributed by atoms with Crippen LogP contribution in [0.1, 0.15) is 43.6 Å². The third-order valence-electron chi connectivity index (χ3n) is 3.61. The molecule has 0 saturated heterocycles. The summed E-state index contributed by atoms with van der Waals surface area (Å²) < 4.78 is 0. The first-order valence-corrected chi connectivity index (χ1v) is 6.25. The molecular weight excluding hydrogens is 196 g/mol. The van der Waals surface area contributed by atoms with Gasteiger partial charge in [0.15, 0.2) is 0 Å². The van der Waals surface area contributed by atoms with E-state index in [1.807, 2.05) is 14.1 Å². The zero-order chi connectivity index (χ0) is 11.5. The summed E-state index contributed by atoms with van der Waals surface area (Å²) >= 11 is 0. The fraction of sp³-hybridized carbons (Fsp3) is 0.571. The van der Waals surface area contributed by atoms with Gasteiger partial charge in [0.1, 0.15) is 0 Å². The molecule has 0 aromatic heterocycles. The quantitative estimate of drug-likeness (QED) is 0.771. The Morgan fingerprint density at radius 3 is 2.38 bits per heavy atom. The van der Waals surface area contributed by atoms with E-state index in [1.165, 1.54) is 37.7 Å². The Bertz CT molecular complexity index is 352. The van der Waals surface area contributed by atoms with Crippen molar-refractivity contribution in [3.63, 3.8) is 0 Å². The van der Waals surface area contributed by atoms with Crippen molar-refractivity contribution < 1.29 is 0 Å². The molecule has 2 rings (SSSR count). The fourth-order valence-electron chi connectivity index (χ4n) is 2.67. The standard InChI is InChI=1S/C14H22N2/c1-16(2)14-9-8-12(10-13(14)15)11-6-4-3-5-7-11/h8-11H,3-7,15H2,1-2H3. The lowest BCUT2D eigenvalue weighted by Gasteiger charge is -2.23. The van der Waals surface area contributed by atoms with E-state index >= 15 is 0 Å². The molecule has 16 heavy (non-hydrogen) atoms. The van der Waals surface area contributed by atoms with Gasteiger partial charge in [-0.1, -0.05) is 25.3 Å². The Morgan fingerprint density at radius 1 is 1.12 bits per heavy atom. The van der Waals surface area contributed by atoms with Gasteiger partial charge in [-0.25, -0.2) is 0 Å². The minimum absolute atomic E-state index is 0.743. The van der Waals surface area contributed by atoms with E-state index in [0.717, 1.165) is 17.3 Å². The molecule has 2 nitrogen and oxygen atoms in total. The van der Waals surface area contributed by atoms with E-state index in [4.69, 9.17) is 5.73 Å². The normalized spacial score (nSPS) is 17.4. The molecule has 1 aromatic rings. The molecule has 2 N–H and O–H groups in total. The minimum atomic E-state index is 0.743. The van der Waals surface area contributed by atoms with Crippen molar-refractivity contribution in [2.75, 3.05) is 24.7 Å². The summed E-state index contributed by atoms with van der Waals surface area (Å²) in [6.07, 6.45) is 6.82. The average molecular weight is 218 g/mol. The van der Waals surface area contributed by atoms with Gasteiger partial charge in [0.25, 0.3) is 0 Å². The summed E-state index contributed by atoms with van der Waals surface area (Å²) in [6, 6.07) is 6.58. The number of nitrogens with zero attached hydrogens (tertiary/aromatic N) is 1. The van der Waals surface area contributed by atoms with E-state index < -0.39 is 0 Å². The Kier molecular flexibility index (Phi) is 3.37. The number of rotatable bonds is 2. The van der Waals surface area contributed by atoms with Crippen LogP contribution in [0.5, 0.6) is 0 Å². The number of nitrogen functional groups attached to an aromatic ring is 1. The minimum Gasteiger partial charge on any atom is -0.397 e. The monoisotopic (exact) mass is 218 g/mol. The maximum Gasteiger partial charge on any atom is 0.0594 e. The molecular formula is C14H22N2. The fourth-order valence-corrected chi connectivity index (χ4v) is 2.67. The van der Waals surface area contributed by atoms with Crippen molar-refractivity contribution >= 4 is 11.4 Å². The van der Waals surface area contributed by atoms with Crippen LogP contribution in [0.15, 0.2) is 18.2 Å². The van der Waals surface area contributed by atoms with Gasteiger partial charge in [0.2, 0.25) is 0 Å². The second-order valence-corrected chi connectivity index (χ2v) is 5.05. The lowest BCUT2D eigenvalue weighted by atomic mass is 9.84. The maximum atomic E-state index is 6.09. The molecule has 0 unspecified atom stereocenters. The first kappa shape index (κ1) is 11.3. The second-order valence-electron chi connectivity index (χ2n) is 5.05. The topological polar surface area (TPSA) is 29.3 Å². The van der Waals surface area contributed by atoms with Crippen molar-refractivity contribution in [3.8, 4) is 0 Å². The van der Waals surface area contributed by atoms with Crippen LogP contribution in [-0.2, 0) is 0 Å². The number of anilines is 2. The van der Waals surface area contributed by atoms with Crippen molar-refractivity contribution in [3.05, 3.63) is 23.8 Å². The number of benzene rings is 1. The largest absolute Gasteiger partial charge is 0.397 e. The first-order valence-electron chi connectivity index (χ1n) is 6.25. The summed E-state index contributed by atoms with van der Waals surface area (Å²) in [6.45, 7) is 0. The van der Waals surface area contributed by atoms with Gasteiger partial charge in [-0.15, -0.1) is 0 Å². The van der Waals surface area contributed by atoms with Gasteiger partial charge in [-0.3, -0.25) is 0 Å². The van der Waals surface area contributed by atoms with Crippen molar-refractivity contribution in [1.29, 1.82) is 0 Å².